The predicted octanol–water partition coefficient (Wildman–Crippen LogP) is 0.704. The molecule has 1 amide bonds. The van der Waals surface area contributed by atoms with Gasteiger partial charge in [0.1, 0.15) is 0 Å². The number of hydrogen-bond donors (Lipinski definition) is 2. The smallest absolute Gasteiger partial charge is 0.282 e. The fourth-order valence-corrected chi connectivity index (χ4v) is 4.24. The van der Waals surface area contributed by atoms with Gasteiger partial charge in [0.15, 0.2) is 0 Å². The van der Waals surface area contributed by atoms with E-state index in [1.807, 2.05) is 6.92 Å². The summed E-state index contributed by atoms with van der Waals surface area (Å²) in [6.07, 6.45) is 4.72. The van der Waals surface area contributed by atoms with Crippen molar-refractivity contribution in [3.8, 4) is 0 Å². The van der Waals surface area contributed by atoms with Gasteiger partial charge in [-0.1, -0.05) is 19.8 Å². The molecule has 0 aromatic heterocycles. The van der Waals surface area contributed by atoms with Gasteiger partial charge in [0.2, 0.25) is 5.91 Å². The Morgan fingerprint density at radius 2 is 2.09 bits per heavy atom. The standard InChI is InChI=1S/C14H30N4O3S.ClH/c1-3-4-10-17(2)22(20,21)18-11-6-5-7-13(18)12-16-14(19)8-9-15;/h13H,3-12,15H2,1-2H3,(H,16,19);1H. The summed E-state index contributed by atoms with van der Waals surface area (Å²) in [4.78, 5) is 11.5. The second-order valence-corrected chi connectivity index (χ2v) is 7.77. The van der Waals surface area contributed by atoms with Crippen molar-refractivity contribution >= 4 is 28.5 Å². The van der Waals surface area contributed by atoms with Crippen LogP contribution >= 0.6 is 12.4 Å². The van der Waals surface area contributed by atoms with E-state index in [1.54, 1.807) is 11.4 Å². The lowest BCUT2D eigenvalue weighted by Gasteiger charge is -2.37. The van der Waals surface area contributed by atoms with Crippen LogP contribution in [0, 0.1) is 0 Å². The van der Waals surface area contributed by atoms with E-state index in [9.17, 15) is 13.2 Å². The number of unbranched alkanes of at least 4 members (excludes halogenated alkanes) is 1. The molecule has 1 unspecified atom stereocenters. The van der Waals surface area contributed by atoms with E-state index in [0.717, 1.165) is 32.1 Å². The van der Waals surface area contributed by atoms with Crippen LogP contribution in [-0.4, -0.2) is 62.2 Å². The first kappa shape index (κ1) is 22.6. The van der Waals surface area contributed by atoms with Gasteiger partial charge in [0.25, 0.3) is 10.2 Å². The van der Waals surface area contributed by atoms with Crippen LogP contribution < -0.4 is 11.1 Å². The molecule has 0 aromatic carbocycles. The van der Waals surface area contributed by atoms with Crippen LogP contribution in [0.15, 0.2) is 0 Å². The van der Waals surface area contributed by atoms with Crippen LogP contribution in [0.3, 0.4) is 0 Å². The highest BCUT2D eigenvalue weighted by Gasteiger charge is 2.34. The van der Waals surface area contributed by atoms with Crippen molar-refractivity contribution in [2.45, 2.75) is 51.5 Å². The Labute approximate surface area is 146 Å². The molecular formula is C14H31ClN4O3S. The molecule has 0 saturated carbocycles. The maximum Gasteiger partial charge on any atom is 0.282 e. The first-order valence-electron chi connectivity index (χ1n) is 8.13. The summed E-state index contributed by atoms with van der Waals surface area (Å²) in [5, 5.41) is 2.79. The van der Waals surface area contributed by atoms with Gasteiger partial charge >= 0.3 is 0 Å². The molecule has 3 N–H and O–H groups in total. The Hall–Kier alpha value is -0.410. The highest BCUT2D eigenvalue weighted by atomic mass is 35.5. The summed E-state index contributed by atoms with van der Waals surface area (Å²) in [7, 11) is -1.82. The van der Waals surface area contributed by atoms with Gasteiger partial charge in [0, 0.05) is 45.7 Å². The number of nitrogens with two attached hydrogens (primary N) is 1. The highest BCUT2D eigenvalue weighted by molar-refractivity contribution is 7.86. The van der Waals surface area contributed by atoms with Crippen LogP contribution in [0.5, 0.6) is 0 Å². The average Bonchev–Trinajstić information content (AvgIpc) is 2.51. The van der Waals surface area contributed by atoms with E-state index in [0.29, 0.717) is 26.2 Å². The molecule has 1 aliphatic rings. The molecule has 0 aliphatic carbocycles. The third-order valence-electron chi connectivity index (χ3n) is 4.00. The molecule has 1 atom stereocenters. The van der Waals surface area contributed by atoms with Crippen LogP contribution in [0.1, 0.15) is 45.4 Å². The van der Waals surface area contributed by atoms with Crippen molar-refractivity contribution < 1.29 is 13.2 Å². The number of hydrogen-bond acceptors (Lipinski definition) is 4. The molecule has 9 heteroatoms. The van der Waals surface area contributed by atoms with E-state index >= 15 is 0 Å². The summed E-state index contributed by atoms with van der Waals surface area (Å²) in [5.74, 6) is -0.121. The van der Waals surface area contributed by atoms with Crippen LogP contribution in [0.4, 0.5) is 0 Å². The van der Waals surface area contributed by atoms with Crippen molar-refractivity contribution in [2.75, 3.05) is 33.2 Å². The number of carbonyl (C=O) groups excluding carboxylic acids is 1. The lowest BCUT2D eigenvalue weighted by atomic mass is 10.1. The second kappa shape index (κ2) is 11.2. The SMILES string of the molecule is CCCCN(C)S(=O)(=O)N1CCCCC1CNC(=O)CCN.Cl. The summed E-state index contributed by atoms with van der Waals surface area (Å²) in [6, 6.07) is -0.162. The number of piperidine rings is 1. The number of rotatable bonds is 9. The Bertz CT molecular complexity index is 447. The molecule has 1 aliphatic heterocycles. The molecule has 0 spiro atoms. The van der Waals surface area contributed by atoms with Crippen molar-refractivity contribution in [2.24, 2.45) is 5.73 Å². The minimum atomic E-state index is -3.45. The second-order valence-electron chi connectivity index (χ2n) is 5.79. The van der Waals surface area contributed by atoms with Gasteiger partial charge in [-0.2, -0.15) is 17.0 Å². The number of amides is 1. The van der Waals surface area contributed by atoms with Gasteiger partial charge in [-0.25, -0.2) is 0 Å². The highest BCUT2D eigenvalue weighted by Crippen LogP contribution is 2.22. The zero-order chi connectivity index (χ0) is 16.6. The van der Waals surface area contributed by atoms with E-state index in [4.69, 9.17) is 5.73 Å². The molecular weight excluding hydrogens is 340 g/mol. The van der Waals surface area contributed by atoms with Crippen molar-refractivity contribution in [1.82, 2.24) is 13.9 Å². The number of nitrogens with zero attached hydrogens (tertiary/aromatic N) is 2. The Kier molecular flexibility index (Phi) is 11.0. The molecule has 23 heavy (non-hydrogen) atoms. The fourth-order valence-electron chi connectivity index (χ4n) is 2.61. The summed E-state index contributed by atoms with van der Waals surface area (Å²) in [6.45, 7) is 3.76. The topological polar surface area (TPSA) is 95.7 Å². The molecule has 138 valence electrons. The van der Waals surface area contributed by atoms with Crippen LogP contribution in [0.25, 0.3) is 0 Å². The predicted molar refractivity (Wildman–Crippen MR) is 94.7 cm³/mol. The summed E-state index contributed by atoms with van der Waals surface area (Å²) < 4.78 is 28.4. The minimum absolute atomic E-state index is 0. The maximum atomic E-state index is 12.7. The third-order valence-corrected chi connectivity index (χ3v) is 6.04. The van der Waals surface area contributed by atoms with Gasteiger partial charge in [-0.15, -0.1) is 12.4 Å². The fraction of sp³-hybridized carbons (Fsp3) is 0.929. The molecule has 0 radical (unpaired) electrons. The third kappa shape index (κ3) is 6.93. The quantitative estimate of drug-likeness (QED) is 0.624. The average molecular weight is 371 g/mol. The summed E-state index contributed by atoms with van der Waals surface area (Å²) >= 11 is 0. The first-order valence-corrected chi connectivity index (χ1v) is 9.53. The Balaban J connectivity index is 0.00000484. The number of carbonyl (C=O) groups is 1. The molecule has 7 nitrogen and oxygen atoms in total. The van der Waals surface area contributed by atoms with E-state index in [1.165, 1.54) is 4.31 Å². The molecule has 0 bridgehead atoms. The zero-order valence-corrected chi connectivity index (χ0v) is 15.8. The van der Waals surface area contributed by atoms with E-state index in [-0.39, 0.29) is 30.8 Å². The molecule has 1 rings (SSSR count). The molecule has 1 fully saturated rings. The summed E-state index contributed by atoms with van der Waals surface area (Å²) in [5.41, 5.74) is 5.35. The van der Waals surface area contributed by atoms with Gasteiger partial charge in [-0.05, 0) is 19.3 Å². The molecule has 1 heterocycles. The zero-order valence-electron chi connectivity index (χ0n) is 14.2. The minimum Gasteiger partial charge on any atom is -0.354 e. The number of nitrogens with one attached hydrogen (secondary N) is 1. The Morgan fingerprint density at radius 1 is 1.39 bits per heavy atom. The lowest BCUT2D eigenvalue weighted by Crippen LogP contribution is -2.53. The Morgan fingerprint density at radius 3 is 2.70 bits per heavy atom. The van der Waals surface area contributed by atoms with E-state index < -0.39 is 10.2 Å². The van der Waals surface area contributed by atoms with Gasteiger partial charge in [0.05, 0.1) is 0 Å². The van der Waals surface area contributed by atoms with E-state index in [2.05, 4.69) is 5.32 Å². The van der Waals surface area contributed by atoms with Gasteiger partial charge < -0.3 is 11.1 Å². The first-order chi connectivity index (χ1) is 10.4. The lowest BCUT2D eigenvalue weighted by molar-refractivity contribution is -0.121. The number of halogens is 1. The van der Waals surface area contributed by atoms with Crippen LogP contribution in [0.2, 0.25) is 0 Å². The maximum absolute atomic E-state index is 12.7. The monoisotopic (exact) mass is 370 g/mol. The van der Waals surface area contributed by atoms with Crippen molar-refractivity contribution in [3.63, 3.8) is 0 Å². The normalized spacial score (nSPS) is 19.4. The van der Waals surface area contributed by atoms with Gasteiger partial charge in [-0.3, -0.25) is 4.79 Å². The molecule has 0 aromatic rings. The van der Waals surface area contributed by atoms with Crippen molar-refractivity contribution in [1.29, 1.82) is 0 Å². The van der Waals surface area contributed by atoms with Crippen LogP contribution in [-0.2, 0) is 15.0 Å². The largest absolute Gasteiger partial charge is 0.354 e. The van der Waals surface area contributed by atoms with Crippen molar-refractivity contribution in [3.05, 3.63) is 0 Å². The molecule has 1 saturated heterocycles.